The lowest BCUT2D eigenvalue weighted by atomic mass is 10.1. The predicted octanol–water partition coefficient (Wildman–Crippen LogP) is 5.00. The van der Waals surface area contributed by atoms with Gasteiger partial charge in [0.15, 0.2) is 5.65 Å². The van der Waals surface area contributed by atoms with Gasteiger partial charge in [-0.2, -0.15) is 5.10 Å². The molecule has 0 spiro atoms. The van der Waals surface area contributed by atoms with Crippen molar-refractivity contribution in [2.24, 2.45) is 0 Å². The summed E-state index contributed by atoms with van der Waals surface area (Å²) in [5.41, 5.74) is 6.32. The van der Waals surface area contributed by atoms with Gasteiger partial charge in [-0.15, -0.1) is 11.3 Å². The zero-order valence-corrected chi connectivity index (χ0v) is 16.7. The first-order chi connectivity index (χ1) is 14.8. The predicted molar refractivity (Wildman–Crippen MR) is 118 cm³/mol. The fraction of sp³-hybridized carbons (Fsp3) is 0.0455. The average Bonchev–Trinajstić information content (AvgIpc) is 3.51. The van der Waals surface area contributed by atoms with E-state index in [2.05, 4.69) is 72.4 Å². The lowest BCUT2D eigenvalue weighted by molar-refractivity contribution is 1.10. The Bertz CT molecular complexity index is 1510. The van der Waals surface area contributed by atoms with E-state index in [0.717, 1.165) is 38.9 Å². The SMILES string of the molecule is Cc1ccc(-c2ccnc3[nH]c(-c4[nH]nc5ncc(-c6cncnc6)cc45)cc23)s1. The number of aromatic nitrogens is 7. The summed E-state index contributed by atoms with van der Waals surface area (Å²) in [6.45, 7) is 2.12. The minimum Gasteiger partial charge on any atom is -0.338 e. The number of hydrogen-bond donors (Lipinski definition) is 2. The Hall–Kier alpha value is -3.91. The van der Waals surface area contributed by atoms with Gasteiger partial charge < -0.3 is 4.98 Å². The maximum Gasteiger partial charge on any atom is 0.181 e. The number of rotatable bonds is 3. The fourth-order valence-corrected chi connectivity index (χ4v) is 4.57. The molecule has 30 heavy (non-hydrogen) atoms. The number of nitrogens with zero attached hydrogens (tertiary/aromatic N) is 5. The summed E-state index contributed by atoms with van der Waals surface area (Å²) >= 11 is 1.78. The van der Waals surface area contributed by atoms with Crippen LogP contribution in [0, 0.1) is 6.92 Å². The van der Waals surface area contributed by atoms with Gasteiger partial charge >= 0.3 is 0 Å². The third kappa shape index (κ3) is 2.69. The van der Waals surface area contributed by atoms with E-state index in [-0.39, 0.29) is 0 Å². The van der Waals surface area contributed by atoms with Crippen molar-refractivity contribution in [3.05, 3.63) is 66.3 Å². The van der Waals surface area contributed by atoms with Crippen LogP contribution in [0.1, 0.15) is 4.88 Å². The van der Waals surface area contributed by atoms with Crippen molar-refractivity contribution in [2.75, 3.05) is 0 Å². The topological polar surface area (TPSA) is 96.0 Å². The normalized spacial score (nSPS) is 11.5. The monoisotopic (exact) mass is 409 g/mol. The number of thiophene rings is 1. The van der Waals surface area contributed by atoms with E-state index in [9.17, 15) is 0 Å². The summed E-state index contributed by atoms with van der Waals surface area (Å²) in [6, 6.07) is 10.5. The molecule has 0 fully saturated rings. The Morgan fingerprint density at radius 3 is 2.63 bits per heavy atom. The number of aryl methyl sites for hydroxylation is 1. The molecular formula is C22H15N7S. The maximum atomic E-state index is 4.53. The first-order valence-electron chi connectivity index (χ1n) is 9.41. The van der Waals surface area contributed by atoms with Gasteiger partial charge in [0, 0.05) is 62.0 Å². The first-order valence-corrected chi connectivity index (χ1v) is 10.2. The van der Waals surface area contributed by atoms with Crippen molar-refractivity contribution in [2.45, 2.75) is 6.92 Å². The van der Waals surface area contributed by atoms with E-state index in [1.54, 1.807) is 29.9 Å². The van der Waals surface area contributed by atoms with Gasteiger partial charge in [-0.05, 0) is 37.3 Å². The summed E-state index contributed by atoms with van der Waals surface area (Å²) in [5, 5.41) is 9.52. The second-order valence-electron chi connectivity index (χ2n) is 7.04. The standard InChI is InChI=1S/C22H15N7S/c1-12-2-3-19(30-12)15-4-5-25-21-16(15)7-18(27-21)20-17-6-13(10-26-22(17)29-28-20)14-8-23-11-24-9-14/h2-11H,1H3,(H,25,27)(H,26,28,29). The number of nitrogens with one attached hydrogen (secondary N) is 2. The van der Waals surface area contributed by atoms with E-state index >= 15 is 0 Å². The summed E-state index contributed by atoms with van der Waals surface area (Å²) in [5.74, 6) is 0. The highest BCUT2D eigenvalue weighted by molar-refractivity contribution is 7.15. The molecule has 0 aliphatic carbocycles. The lowest BCUT2D eigenvalue weighted by Crippen LogP contribution is -1.85. The maximum absolute atomic E-state index is 4.53. The number of pyridine rings is 2. The van der Waals surface area contributed by atoms with Crippen LogP contribution < -0.4 is 0 Å². The Balaban J connectivity index is 1.52. The Morgan fingerprint density at radius 1 is 0.900 bits per heavy atom. The smallest absolute Gasteiger partial charge is 0.181 e. The molecule has 0 aromatic carbocycles. The van der Waals surface area contributed by atoms with Crippen LogP contribution in [0.3, 0.4) is 0 Å². The largest absolute Gasteiger partial charge is 0.338 e. The molecule has 6 rings (SSSR count). The highest BCUT2D eigenvalue weighted by Gasteiger charge is 2.15. The van der Waals surface area contributed by atoms with Gasteiger partial charge in [0.1, 0.15) is 12.0 Å². The molecule has 8 heteroatoms. The molecule has 6 aromatic rings. The van der Waals surface area contributed by atoms with E-state index in [0.29, 0.717) is 5.65 Å². The molecule has 0 radical (unpaired) electrons. The molecule has 0 amide bonds. The average molecular weight is 409 g/mol. The Kier molecular flexibility index (Phi) is 3.72. The van der Waals surface area contributed by atoms with E-state index < -0.39 is 0 Å². The first kappa shape index (κ1) is 17.0. The van der Waals surface area contributed by atoms with Crippen molar-refractivity contribution in [3.63, 3.8) is 0 Å². The third-order valence-electron chi connectivity index (χ3n) is 5.11. The molecule has 7 nitrogen and oxygen atoms in total. The van der Waals surface area contributed by atoms with Gasteiger partial charge in [0.2, 0.25) is 0 Å². The van der Waals surface area contributed by atoms with Gasteiger partial charge in [-0.1, -0.05) is 0 Å². The van der Waals surface area contributed by atoms with Gasteiger partial charge in [-0.25, -0.2) is 19.9 Å². The van der Waals surface area contributed by atoms with Crippen molar-refractivity contribution < 1.29 is 0 Å². The van der Waals surface area contributed by atoms with Gasteiger partial charge in [0.25, 0.3) is 0 Å². The molecule has 0 unspecified atom stereocenters. The third-order valence-corrected chi connectivity index (χ3v) is 6.14. The second-order valence-corrected chi connectivity index (χ2v) is 8.32. The summed E-state index contributed by atoms with van der Waals surface area (Å²) in [4.78, 5) is 23.2. The highest BCUT2D eigenvalue weighted by atomic mass is 32.1. The van der Waals surface area contributed by atoms with E-state index in [4.69, 9.17) is 0 Å². The van der Waals surface area contributed by atoms with Crippen molar-refractivity contribution in [1.29, 1.82) is 0 Å². The fourth-order valence-electron chi connectivity index (χ4n) is 3.67. The quantitative estimate of drug-likeness (QED) is 0.429. The van der Waals surface area contributed by atoms with Crippen LogP contribution in [0.5, 0.6) is 0 Å². The Labute approximate surface area is 174 Å². The minimum absolute atomic E-state index is 0.659. The number of fused-ring (bicyclic) bond motifs is 2. The summed E-state index contributed by atoms with van der Waals surface area (Å²) in [7, 11) is 0. The molecule has 0 aliphatic rings. The van der Waals surface area contributed by atoms with Crippen LogP contribution in [-0.2, 0) is 0 Å². The van der Waals surface area contributed by atoms with Gasteiger partial charge in [0.05, 0.1) is 11.4 Å². The molecule has 0 bridgehead atoms. The highest BCUT2D eigenvalue weighted by Crippen LogP contribution is 2.36. The molecule has 144 valence electrons. The van der Waals surface area contributed by atoms with Crippen LogP contribution in [0.4, 0.5) is 0 Å². The molecule has 6 heterocycles. The summed E-state index contributed by atoms with van der Waals surface area (Å²) in [6.07, 6.45) is 8.70. The molecule has 2 N–H and O–H groups in total. The minimum atomic E-state index is 0.659. The van der Waals surface area contributed by atoms with Crippen LogP contribution >= 0.6 is 11.3 Å². The van der Waals surface area contributed by atoms with Crippen molar-refractivity contribution in [3.8, 4) is 33.0 Å². The van der Waals surface area contributed by atoms with E-state index in [1.807, 2.05) is 6.20 Å². The zero-order valence-electron chi connectivity index (χ0n) is 15.9. The lowest BCUT2D eigenvalue weighted by Gasteiger charge is -2.00. The van der Waals surface area contributed by atoms with Crippen LogP contribution in [0.25, 0.3) is 55.0 Å². The van der Waals surface area contributed by atoms with Crippen LogP contribution in [0.15, 0.2) is 61.4 Å². The molecule has 0 aliphatic heterocycles. The molecule has 0 saturated heterocycles. The van der Waals surface area contributed by atoms with Crippen LogP contribution in [-0.4, -0.2) is 35.1 Å². The molecule has 6 aromatic heterocycles. The van der Waals surface area contributed by atoms with Crippen LogP contribution in [0.2, 0.25) is 0 Å². The number of H-pyrrole nitrogens is 2. The Morgan fingerprint density at radius 2 is 1.80 bits per heavy atom. The van der Waals surface area contributed by atoms with E-state index in [1.165, 1.54) is 21.6 Å². The molecular weight excluding hydrogens is 394 g/mol. The second kappa shape index (κ2) is 6.57. The zero-order chi connectivity index (χ0) is 20.1. The summed E-state index contributed by atoms with van der Waals surface area (Å²) < 4.78 is 0. The molecule has 0 saturated carbocycles. The molecule has 0 atom stereocenters. The van der Waals surface area contributed by atoms with Gasteiger partial charge in [-0.3, -0.25) is 5.10 Å². The number of aromatic amines is 2. The van der Waals surface area contributed by atoms with Crippen molar-refractivity contribution in [1.82, 2.24) is 35.1 Å². The van der Waals surface area contributed by atoms with Crippen molar-refractivity contribution >= 4 is 33.4 Å². The number of hydrogen-bond acceptors (Lipinski definition) is 6.